The lowest BCUT2D eigenvalue weighted by molar-refractivity contribution is -0.385. The van der Waals surface area contributed by atoms with Crippen molar-refractivity contribution in [2.24, 2.45) is 0 Å². The molecule has 0 aliphatic carbocycles. The summed E-state index contributed by atoms with van der Waals surface area (Å²) < 4.78 is 41.3. The maximum atomic E-state index is 12.3. The third-order valence-electron chi connectivity index (χ3n) is 3.42. The van der Waals surface area contributed by atoms with Gasteiger partial charge in [-0.05, 0) is 36.2 Å². The molecule has 1 amide bonds. The summed E-state index contributed by atoms with van der Waals surface area (Å²) >= 11 is 5.78. The van der Waals surface area contributed by atoms with Crippen LogP contribution in [0.2, 0.25) is 5.02 Å². The number of benzene rings is 2. The summed E-state index contributed by atoms with van der Waals surface area (Å²) in [4.78, 5) is 22.5. The van der Waals surface area contributed by atoms with Crippen LogP contribution in [-0.4, -0.2) is 30.2 Å². The number of nitrogens with one attached hydrogen (secondary N) is 1. The molecule has 0 atom stereocenters. The second-order valence-corrected chi connectivity index (χ2v) is 5.91. The zero-order chi connectivity index (χ0) is 20.0. The van der Waals surface area contributed by atoms with Crippen molar-refractivity contribution >= 4 is 23.2 Å². The number of halogens is 4. The highest BCUT2D eigenvalue weighted by atomic mass is 35.5. The molecule has 0 fully saturated rings. The molecular formula is C17H14ClF3N2O4. The van der Waals surface area contributed by atoms with E-state index in [-0.39, 0.29) is 17.9 Å². The van der Waals surface area contributed by atoms with Crippen molar-refractivity contribution in [1.29, 1.82) is 0 Å². The van der Waals surface area contributed by atoms with Crippen LogP contribution in [0.3, 0.4) is 0 Å². The van der Waals surface area contributed by atoms with Crippen LogP contribution < -0.4 is 10.1 Å². The number of nitrogens with zero attached hydrogens (tertiary/aromatic N) is 1. The van der Waals surface area contributed by atoms with Crippen molar-refractivity contribution in [3.8, 4) is 5.75 Å². The van der Waals surface area contributed by atoms with Crippen molar-refractivity contribution < 1.29 is 27.6 Å². The van der Waals surface area contributed by atoms with Crippen molar-refractivity contribution in [3.05, 3.63) is 68.7 Å². The lowest BCUT2D eigenvalue weighted by atomic mass is 10.1. The maximum Gasteiger partial charge on any atom is 0.422 e. The molecule has 0 spiro atoms. The van der Waals surface area contributed by atoms with Gasteiger partial charge < -0.3 is 10.1 Å². The normalized spacial score (nSPS) is 11.1. The molecule has 0 aromatic heterocycles. The second-order valence-electron chi connectivity index (χ2n) is 5.47. The Hall–Kier alpha value is -2.81. The van der Waals surface area contributed by atoms with E-state index in [0.717, 1.165) is 23.8 Å². The predicted octanol–water partition coefficient (Wildman–Crippen LogP) is 4.16. The molecule has 10 heteroatoms. The molecule has 0 bridgehead atoms. The Labute approximate surface area is 157 Å². The smallest absolute Gasteiger partial charge is 0.422 e. The monoisotopic (exact) mass is 402 g/mol. The largest absolute Gasteiger partial charge is 0.484 e. The number of hydrogen-bond acceptors (Lipinski definition) is 4. The van der Waals surface area contributed by atoms with E-state index >= 15 is 0 Å². The lowest BCUT2D eigenvalue weighted by Crippen LogP contribution is -2.26. The fraction of sp³-hybridized carbons (Fsp3) is 0.235. The van der Waals surface area contributed by atoms with Gasteiger partial charge in [-0.2, -0.15) is 13.2 Å². The molecule has 0 saturated carbocycles. The highest BCUT2D eigenvalue weighted by Gasteiger charge is 2.29. The molecule has 0 aliphatic rings. The van der Waals surface area contributed by atoms with Gasteiger partial charge in [-0.25, -0.2) is 0 Å². The predicted molar refractivity (Wildman–Crippen MR) is 92.1 cm³/mol. The molecule has 0 radical (unpaired) electrons. The molecule has 6 nitrogen and oxygen atoms in total. The molecule has 2 rings (SSSR count). The lowest BCUT2D eigenvalue weighted by Gasteiger charge is -2.11. The first-order chi connectivity index (χ1) is 12.7. The zero-order valence-electron chi connectivity index (χ0n) is 13.8. The van der Waals surface area contributed by atoms with Crippen LogP contribution in [0.15, 0.2) is 42.5 Å². The SMILES string of the molecule is O=C(NCCc1ccc(Cl)cc1)c1cc(OCC(F)(F)F)ccc1[N+](=O)[O-]. The average Bonchev–Trinajstić information content (AvgIpc) is 2.60. The van der Waals surface area contributed by atoms with Gasteiger partial charge in [-0.1, -0.05) is 23.7 Å². The summed E-state index contributed by atoms with van der Waals surface area (Å²) in [5.41, 5.74) is -0.0226. The summed E-state index contributed by atoms with van der Waals surface area (Å²) in [5, 5.41) is 14.1. The van der Waals surface area contributed by atoms with Gasteiger partial charge in [0, 0.05) is 17.6 Å². The van der Waals surface area contributed by atoms with Crippen LogP contribution in [0.5, 0.6) is 5.75 Å². The Kier molecular flexibility index (Phi) is 6.62. The van der Waals surface area contributed by atoms with Gasteiger partial charge in [0.05, 0.1) is 4.92 Å². The average molecular weight is 403 g/mol. The number of amides is 1. The van der Waals surface area contributed by atoms with Gasteiger partial charge in [-0.15, -0.1) is 0 Å². The van der Waals surface area contributed by atoms with E-state index in [1.54, 1.807) is 24.3 Å². The number of ether oxygens (including phenoxy) is 1. The molecule has 0 saturated heterocycles. The van der Waals surface area contributed by atoms with Gasteiger partial charge in [-0.3, -0.25) is 14.9 Å². The maximum absolute atomic E-state index is 12.3. The van der Waals surface area contributed by atoms with E-state index in [9.17, 15) is 28.1 Å². The quantitative estimate of drug-likeness (QED) is 0.557. The highest BCUT2D eigenvalue weighted by Crippen LogP contribution is 2.26. The molecule has 0 heterocycles. The number of carbonyl (C=O) groups excluding carboxylic acids is 1. The Balaban J connectivity index is 2.07. The van der Waals surface area contributed by atoms with Gasteiger partial charge >= 0.3 is 6.18 Å². The molecule has 27 heavy (non-hydrogen) atoms. The number of rotatable bonds is 7. The minimum Gasteiger partial charge on any atom is -0.484 e. The van der Waals surface area contributed by atoms with Crippen LogP contribution >= 0.6 is 11.6 Å². The fourth-order valence-electron chi connectivity index (χ4n) is 2.18. The summed E-state index contributed by atoms with van der Waals surface area (Å²) in [5.74, 6) is -1.08. The van der Waals surface area contributed by atoms with E-state index in [0.29, 0.717) is 11.4 Å². The van der Waals surface area contributed by atoms with Crippen molar-refractivity contribution in [2.45, 2.75) is 12.6 Å². The van der Waals surface area contributed by atoms with Gasteiger partial charge in [0.25, 0.3) is 11.6 Å². The van der Waals surface area contributed by atoms with Gasteiger partial charge in [0.15, 0.2) is 6.61 Å². The Morgan fingerprint density at radius 2 is 1.85 bits per heavy atom. The second kappa shape index (κ2) is 8.72. The molecular weight excluding hydrogens is 389 g/mol. The topological polar surface area (TPSA) is 81.5 Å². The molecule has 2 aromatic carbocycles. The Morgan fingerprint density at radius 1 is 1.19 bits per heavy atom. The first kappa shape index (κ1) is 20.5. The van der Waals surface area contributed by atoms with E-state index in [1.165, 1.54) is 0 Å². The number of carbonyl (C=O) groups is 1. The van der Waals surface area contributed by atoms with Crippen molar-refractivity contribution in [3.63, 3.8) is 0 Å². The minimum atomic E-state index is -4.57. The standard InChI is InChI=1S/C17H14ClF3N2O4/c18-12-3-1-11(2-4-12)7-8-22-16(24)14-9-13(27-10-17(19,20)21)5-6-15(14)23(25)26/h1-6,9H,7-8,10H2,(H,22,24). The van der Waals surface area contributed by atoms with Gasteiger partial charge in [0.2, 0.25) is 0 Å². The minimum absolute atomic E-state index is 0.172. The number of nitro benzene ring substituents is 1. The number of hydrogen-bond donors (Lipinski definition) is 1. The van der Waals surface area contributed by atoms with E-state index in [1.807, 2.05) is 0 Å². The first-order valence-electron chi connectivity index (χ1n) is 7.66. The van der Waals surface area contributed by atoms with Crippen LogP contribution in [-0.2, 0) is 6.42 Å². The van der Waals surface area contributed by atoms with E-state index < -0.39 is 29.3 Å². The Morgan fingerprint density at radius 3 is 2.44 bits per heavy atom. The number of alkyl halides is 3. The van der Waals surface area contributed by atoms with Crippen molar-refractivity contribution in [1.82, 2.24) is 5.32 Å². The molecule has 144 valence electrons. The van der Waals surface area contributed by atoms with E-state index in [4.69, 9.17) is 11.6 Å². The van der Waals surface area contributed by atoms with Crippen LogP contribution in [0, 0.1) is 10.1 Å². The Bertz CT molecular complexity index is 826. The third-order valence-corrected chi connectivity index (χ3v) is 3.68. The molecule has 0 unspecified atom stereocenters. The van der Waals surface area contributed by atoms with Crippen LogP contribution in [0.4, 0.5) is 18.9 Å². The van der Waals surface area contributed by atoms with E-state index in [2.05, 4.69) is 10.1 Å². The van der Waals surface area contributed by atoms with Gasteiger partial charge in [0.1, 0.15) is 11.3 Å². The van der Waals surface area contributed by atoms with Crippen LogP contribution in [0.25, 0.3) is 0 Å². The highest BCUT2D eigenvalue weighted by molar-refractivity contribution is 6.30. The number of nitro groups is 1. The molecule has 1 N–H and O–H groups in total. The van der Waals surface area contributed by atoms with Crippen LogP contribution in [0.1, 0.15) is 15.9 Å². The zero-order valence-corrected chi connectivity index (χ0v) is 14.5. The molecule has 2 aromatic rings. The summed E-state index contributed by atoms with van der Waals surface area (Å²) in [7, 11) is 0. The first-order valence-corrected chi connectivity index (χ1v) is 8.04. The summed E-state index contributed by atoms with van der Waals surface area (Å²) in [6, 6.07) is 9.76. The third kappa shape index (κ3) is 6.45. The molecule has 0 aliphatic heterocycles. The van der Waals surface area contributed by atoms with Crippen molar-refractivity contribution in [2.75, 3.05) is 13.2 Å². The fourth-order valence-corrected chi connectivity index (χ4v) is 2.30. The summed E-state index contributed by atoms with van der Waals surface area (Å²) in [6.07, 6.45) is -4.12. The summed E-state index contributed by atoms with van der Waals surface area (Å²) in [6.45, 7) is -1.40.